The van der Waals surface area contributed by atoms with Crippen molar-refractivity contribution in [2.24, 2.45) is 0 Å². The summed E-state index contributed by atoms with van der Waals surface area (Å²) in [6.45, 7) is 9.96. The monoisotopic (exact) mass is 314 g/mol. The first-order valence-corrected chi connectivity index (χ1v) is 9.81. The summed E-state index contributed by atoms with van der Waals surface area (Å²) >= 11 is 3.89. The van der Waals surface area contributed by atoms with Gasteiger partial charge in [-0.15, -0.1) is 11.3 Å². The topological polar surface area (TPSA) is 15.3 Å². The standard InChI is InChI=1S/C16H30N2S2/c1-6-8-17-10-16-9-14(13(3)20-16)11-18(4)15(7-2)12-19-5/h9,15,17H,6-8,10-12H2,1-5H3. The van der Waals surface area contributed by atoms with Crippen molar-refractivity contribution in [3.8, 4) is 0 Å². The number of nitrogens with one attached hydrogen (secondary N) is 1. The molecule has 0 saturated carbocycles. The zero-order valence-corrected chi connectivity index (χ0v) is 15.3. The fourth-order valence-electron chi connectivity index (χ4n) is 2.37. The molecule has 0 radical (unpaired) electrons. The third-order valence-electron chi connectivity index (χ3n) is 3.67. The average molecular weight is 315 g/mol. The molecule has 0 aliphatic rings. The number of hydrogen-bond donors (Lipinski definition) is 1. The van der Waals surface area contributed by atoms with Gasteiger partial charge in [0, 0.05) is 34.6 Å². The van der Waals surface area contributed by atoms with Gasteiger partial charge in [0.2, 0.25) is 0 Å². The van der Waals surface area contributed by atoms with Crippen LogP contribution in [0.2, 0.25) is 0 Å². The molecule has 1 atom stereocenters. The molecule has 1 aromatic rings. The van der Waals surface area contributed by atoms with Crippen LogP contribution in [-0.4, -0.2) is 36.5 Å². The highest BCUT2D eigenvalue weighted by molar-refractivity contribution is 7.98. The van der Waals surface area contributed by atoms with E-state index in [1.807, 2.05) is 23.1 Å². The lowest BCUT2D eigenvalue weighted by atomic mass is 10.2. The van der Waals surface area contributed by atoms with Crippen LogP contribution in [-0.2, 0) is 13.1 Å². The van der Waals surface area contributed by atoms with Crippen LogP contribution < -0.4 is 5.32 Å². The Morgan fingerprint density at radius 3 is 2.75 bits per heavy atom. The largest absolute Gasteiger partial charge is 0.312 e. The van der Waals surface area contributed by atoms with Crippen molar-refractivity contribution in [2.45, 2.75) is 52.7 Å². The minimum Gasteiger partial charge on any atom is -0.312 e. The van der Waals surface area contributed by atoms with Gasteiger partial charge in [-0.1, -0.05) is 13.8 Å². The molecule has 20 heavy (non-hydrogen) atoms. The molecule has 4 heteroatoms. The molecule has 1 aromatic heterocycles. The quantitative estimate of drug-likeness (QED) is 0.654. The maximum absolute atomic E-state index is 3.49. The lowest BCUT2D eigenvalue weighted by Crippen LogP contribution is -2.32. The summed E-state index contributed by atoms with van der Waals surface area (Å²) in [5.41, 5.74) is 1.50. The van der Waals surface area contributed by atoms with Crippen LogP contribution in [0.5, 0.6) is 0 Å². The molecule has 2 nitrogen and oxygen atoms in total. The van der Waals surface area contributed by atoms with Gasteiger partial charge in [-0.3, -0.25) is 4.90 Å². The molecular weight excluding hydrogens is 284 g/mol. The molecule has 1 heterocycles. The summed E-state index contributed by atoms with van der Waals surface area (Å²) in [5.74, 6) is 1.22. The first-order valence-electron chi connectivity index (χ1n) is 7.60. The van der Waals surface area contributed by atoms with Gasteiger partial charge >= 0.3 is 0 Å². The van der Waals surface area contributed by atoms with Crippen molar-refractivity contribution in [3.63, 3.8) is 0 Å². The number of rotatable bonds is 10. The van der Waals surface area contributed by atoms with Gasteiger partial charge in [-0.05, 0) is 51.2 Å². The molecule has 1 rings (SSSR count). The van der Waals surface area contributed by atoms with Crippen LogP contribution in [0.1, 0.15) is 42.0 Å². The first-order chi connectivity index (χ1) is 9.62. The average Bonchev–Trinajstić information content (AvgIpc) is 2.76. The molecular formula is C16H30N2S2. The maximum Gasteiger partial charge on any atom is 0.0299 e. The summed E-state index contributed by atoms with van der Waals surface area (Å²) in [6, 6.07) is 3.08. The number of thiophene rings is 1. The lowest BCUT2D eigenvalue weighted by molar-refractivity contribution is 0.248. The van der Waals surface area contributed by atoms with Crippen molar-refractivity contribution in [2.75, 3.05) is 25.6 Å². The van der Waals surface area contributed by atoms with Crippen LogP contribution in [0.3, 0.4) is 0 Å². The Bertz CT molecular complexity index is 377. The molecule has 0 aliphatic carbocycles. The van der Waals surface area contributed by atoms with Crippen molar-refractivity contribution in [1.82, 2.24) is 10.2 Å². The fourth-order valence-corrected chi connectivity index (χ4v) is 4.27. The van der Waals surface area contributed by atoms with Gasteiger partial charge in [0.25, 0.3) is 0 Å². The summed E-state index contributed by atoms with van der Waals surface area (Å²) in [6.07, 6.45) is 4.63. The summed E-state index contributed by atoms with van der Waals surface area (Å²) < 4.78 is 0. The fraction of sp³-hybridized carbons (Fsp3) is 0.750. The number of nitrogens with zero attached hydrogens (tertiary/aromatic N) is 1. The molecule has 1 N–H and O–H groups in total. The van der Waals surface area contributed by atoms with Gasteiger partial charge < -0.3 is 5.32 Å². The molecule has 116 valence electrons. The highest BCUT2D eigenvalue weighted by atomic mass is 32.2. The predicted molar refractivity (Wildman–Crippen MR) is 95.0 cm³/mol. The predicted octanol–water partition coefficient (Wildman–Crippen LogP) is 4.13. The van der Waals surface area contributed by atoms with E-state index < -0.39 is 0 Å². The highest BCUT2D eigenvalue weighted by Crippen LogP contribution is 2.24. The van der Waals surface area contributed by atoms with Crippen LogP contribution in [0.25, 0.3) is 0 Å². The Kier molecular flexibility index (Phi) is 8.85. The van der Waals surface area contributed by atoms with Crippen molar-refractivity contribution < 1.29 is 0 Å². The van der Waals surface area contributed by atoms with Gasteiger partial charge in [0.05, 0.1) is 0 Å². The van der Waals surface area contributed by atoms with E-state index in [1.54, 1.807) is 0 Å². The van der Waals surface area contributed by atoms with Gasteiger partial charge in [0.1, 0.15) is 0 Å². The van der Waals surface area contributed by atoms with E-state index in [1.165, 1.54) is 33.9 Å². The molecule has 0 aliphatic heterocycles. The smallest absolute Gasteiger partial charge is 0.0299 e. The van der Waals surface area contributed by atoms with Crippen molar-refractivity contribution >= 4 is 23.1 Å². The normalized spacial score (nSPS) is 13.1. The second kappa shape index (κ2) is 9.82. The van der Waals surface area contributed by atoms with E-state index in [9.17, 15) is 0 Å². The Morgan fingerprint density at radius 2 is 2.15 bits per heavy atom. The van der Waals surface area contributed by atoms with E-state index in [-0.39, 0.29) is 0 Å². The minimum absolute atomic E-state index is 0.686. The van der Waals surface area contributed by atoms with Crippen LogP contribution in [0, 0.1) is 6.92 Å². The third-order valence-corrected chi connectivity index (χ3v) is 5.48. The Morgan fingerprint density at radius 1 is 1.40 bits per heavy atom. The van der Waals surface area contributed by atoms with Crippen LogP contribution in [0.15, 0.2) is 6.07 Å². The van der Waals surface area contributed by atoms with Gasteiger partial charge in [0.15, 0.2) is 0 Å². The van der Waals surface area contributed by atoms with E-state index in [4.69, 9.17) is 0 Å². The van der Waals surface area contributed by atoms with E-state index in [2.05, 4.69) is 50.4 Å². The number of hydrogen-bond acceptors (Lipinski definition) is 4. The van der Waals surface area contributed by atoms with E-state index in [0.717, 1.165) is 19.6 Å². The minimum atomic E-state index is 0.686. The lowest BCUT2D eigenvalue weighted by Gasteiger charge is -2.26. The molecule has 0 spiro atoms. The second-order valence-electron chi connectivity index (χ2n) is 5.40. The SMILES string of the molecule is CCCNCc1cc(CN(C)C(CC)CSC)c(C)s1. The maximum atomic E-state index is 3.49. The molecule has 0 bridgehead atoms. The highest BCUT2D eigenvalue weighted by Gasteiger charge is 2.14. The van der Waals surface area contributed by atoms with E-state index in [0.29, 0.717) is 6.04 Å². The van der Waals surface area contributed by atoms with Crippen LogP contribution in [0.4, 0.5) is 0 Å². The van der Waals surface area contributed by atoms with Crippen molar-refractivity contribution in [1.29, 1.82) is 0 Å². The van der Waals surface area contributed by atoms with Gasteiger partial charge in [-0.25, -0.2) is 0 Å². The number of thioether (sulfide) groups is 1. The molecule has 0 amide bonds. The summed E-state index contributed by atoms with van der Waals surface area (Å²) in [4.78, 5) is 5.45. The molecule has 0 saturated heterocycles. The Balaban J connectivity index is 2.58. The Hall–Kier alpha value is -0.0300. The summed E-state index contributed by atoms with van der Waals surface area (Å²) in [7, 11) is 2.26. The molecule has 1 unspecified atom stereocenters. The zero-order valence-electron chi connectivity index (χ0n) is 13.7. The molecule has 0 aromatic carbocycles. The number of aryl methyl sites for hydroxylation is 1. The summed E-state index contributed by atoms with van der Waals surface area (Å²) in [5, 5.41) is 3.49. The van der Waals surface area contributed by atoms with Crippen LogP contribution >= 0.6 is 23.1 Å². The first kappa shape index (κ1) is 18.0. The second-order valence-corrected chi connectivity index (χ2v) is 7.65. The third kappa shape index (κ3) is 5.76. The Labute approximate surface area is 133 Å². The van der Waals surface area contributed by atoms with Crippen molar-refractivity contribution in [3.05, 3.63) is 21.4 Å². The molecule has 0 fully saturated rings. The van der Waals surface area contributed by atoms with Gasteiger partial charge in [-0.2, -0.15) is 11.8 Å². The zero-order chi connectivity index (χ0) is 15.0. The van der Waals surface area contributed by atoms with E-state index >= 15 is 0 Å².